The normalized spacial score (nSPS) is 13.9. The summed E-state index contributed by atoms with van der Waals surface area (Å²) in [6, 6.07) is 12.4. The van der Waals surface area contributed by atoms with Gasteiger partial charge in [-0.25, -0.2) is 8.78 Å². The molecule has 4 heteroatoms. The summed E-state index contributed by atoms with van der Waals surface area (Å²) in [6.07, 6.45) is -0.844. The van der Waals surface area contributed by atoms with Crippen LogP contribution in [0.5, 0.6) is 0 Å². The van der Waals surface area contributed by atoms with E-state index in [2.05, 4.69) is 5.32 Å². The Labute approximate surface area is 123 Å². The number of aliphatic hydroxyl groups is 1. The van der Waals surface area contributed by atoms with Crippen LogP contribution in [0.3, 0.4) is 0 Å². The number of hydrogen-bond donors (Lipinski definition) is 2. The van der Waals surface area contributed by atoms with Crippen LogP contribution in [0.2, 0.25) is 0 Å². The van der Waals surface area contributed by atoms with Gasteiger partial charge in [-0.3, -0.25) is 0 Å². The smallest absolute Gasteiger partial charge is 0.127 e. The Balaban J connectivity index is 2.42. The predicted octanol–water partition coefficient (Wildman–Crippen LogP) is 3.07. The maximum absolute atomic E-state index is 14.1. The van der Waals surface area contributed by atoms with Crippen LogP contribution in [-0.2, 0) is 0 Å². The third-order valence-electron chi connectivity index (χ3n) is 3.44. The molecule has 0 aliphatic rings. The second-order valence-corrected chi connectivity index (χ2v) is 4.93. The monoisotopic (exact) mass is 291 g/mol. The van der Waals surface area contributed by atoms with Gasteiger partial charge >= 0.3 is 0 Å². The topological polar surface area (TPSA) is 32.3 Å². The quantitative estimate of drug-likeness (QED) is 0.857. The summed E-state index contributed by atoms with van der Waals surface area (Å²) >= 11 is 0. The average molecular weight is 291 g/mol. The minimum absolute atomic E-state index is 0.173. The summed E-state index contributed by atoms with van der Waals surface area (Å²) in [5, 5.41) is 13.4. The number of likely N-dealkylation sites (N-methyl/N-ethyl adjacent to an activating group) is 1. The molecule has 2 rings (SSSR count). The summed E-state index contributed by atoms with van der Waals surface area (Å²) in [7, 11) is 0. The second-order valence-electron chi connectivity index (χ2n) is 4.93. The van der Waals surface area contributed by atoms with Gasteiger partial charge in [-0.2, -0.15) is 0 Å². The molecule has 0 heterocycles. The van der Waals surface area contributed by atoms with E-state index < -0.39 is 23.7 Å². The Morgan fingerprint density at radius 3 is 2.48 bits per heavy atom. The van der Waals surface area contributed by atoms with Crippen LogP contribution in [0.1, 0.15) is 24.0 Å². The molecule has 112 valence electrons. The van der Waals surface area contributed by atoms with Crippen molar-refractivity contribution in [1.82, 2.24) is 5.32 Å². The molecule has 2 N–H and O–H groups in total. The lowest BCUT2D eigenvalue weighted by Crippen LogP contribution is -2.32. The van der Waals surface area contributed by atoms with Crippen LogP contribution >= 0.6 is 0 Å². The van der Waals surface area contributed by atoms with E-state index in [-0.39, 0.29) is 5.56 Å². The number of halogens is 2. The Bertz CT molecular complexity index is 574. The van der Waals surface area contributed by atoms with Gasteiger partial charge in [0.05, 0.1) is 6.10 Å². The fourth-order valence-corrected chi connectivity index (χ4v) is 2.43. The molecule has 0 fully saturated rings. The van der Waals surface area contributed by atoms with Gasteiger partial charge in [0.1, 0.15) is 11.6 Å². The van der Waals surface area contributed by atoms with Gasteiger partial charge < -0.3 is 10.4 Å². The minimum Gasteiger partial charge on any atom is -0.391 e. The zero-order valence-electron chi connectivity index (χ0n) is 11.9. The van der Waals surface area contributed by atoms with E-state index >= 15 is 0 Å². The first-order valence-electron chi connectivity index (χ1n) is 7.02. The van der Waals surface area contributed by atoms with Crippen LogP contribution in [0.4, 0.5) is 8.78 Å². The molecular formula is C17H19F2NO. The fourth-order valence-electron chi connectivity index (χ4n) is 2.43. The molecule has 0 amide bonds. The molecule has 0 spiro atoms. The highest BCUT2D eigenvalue weighted by atomic mass is 19.1. The highest BCUT2D eigenvalue weighted by molar-refractivity contribution is 5.35. The summed E-state index contributed by atoms with van der Waals surface area (Å²) in [5.74, 6) is -1.63. The third kappa shape index (κ3) is 3.86. The molecule has 0 bridgehead atoms. The maximum atomic E-state index is 14.1. The van der Waals surface area contributed by atoms with Crippen LogP contribution < -0.4 is 5.32 Å². The Morgan fingerprint density at radius 2 is 1.81 bits per heavy atom. The van der Waals surface area contributed by atoms with Crippen molar-refractivity contribution >= 4 is 0 Å². The lowest BCUT2D eigenvalue weighted by atomic mass is 9.86. The molecule has 21 heavy (non-hydrogen) atoms. The summed E-state index contributed by atoms with van der Waals surface area (Å²) in [6.45, 7) is 2.93. The van der Waals surface area contributed by atoms with Crippen molar-refractivity contribution in [3.05, 3.63) is 71.3 Å². The van der Waals surface area contributed by atoms with E-state index in [0.29, 0.717) is 13.1 Å². The highest BCUT2D eigenvalue weighted by Crippen LogP contribution is 2.30. The van der Waals surface area contributed by atoms with E-state index in [1.807, 2.05) is 37.3 Å². The molecule has 2 atom stereocenters. The second kappa shape index (κ2) is 7.29. The first kappa shape index (κ1) is 15.6. The van der Waals surface area contributed by atoms with E-state index in [4.69, 9.17) is 0 Å². The van der Waals surface area contributed by atoms with E-state index in [1.165, 1.54) is 0 Å². The van der Waals surface area contributed by atoms with E-state index in [1.54, 1.807) is 0 Å². The van der Waals surface area contributed by atoms with Gasteiger partial charge in [-0.05, 0) is 30.3 Å². The molecule has 0 aliphatic carbocycles. The average Bonchev–Trinajstić information content (AvgIpc) is 2.50. The number of aliphatic hydroxyl groups excluding tert-OH is 1. The Hall–Kier alpha value is -1.78. The number of benzene rings is 2. The Kier molecular flexibility index (Phi) is 5.42. The summed E-state index contributed by atoms with van der Waals surface area (Å²) < 4.78 is 27.6. The Morgan fingerprint density at radius 1 is 1.10 bits per heavy atom. The zero-order chi connectivity index (χ0) is 15.2. The van der Waals surface area contributed by atoms with Crippen molar-refractivity contribution in [3.8, 4) is 0 Å². The number of rotatable bonds is 6. The van der Waals surface area contributed by atoms with Gasteiger partial charge in [-0.15, -0.1) is 0 Å². The van der Waals surface area contributed by atoms with Crippen LogP contribution in [0.25, 0.3) is 0 Å². The molecule has 2 aromatic rings. The van der Waals surface area contributed by atoms with Gasteiger partial charge in [0, 0.05) is 18.0 Å². The summed E-state index contributed by atoms with van der Waals surface area (Å²) in [4.78, 5) is 0. The standard InChI is InChI=1S/C17H19F2NO/c1-2-20-11-16(21)17(12-6-4-3-5-7-12)14-10-13(18)8-9-15(14)19/h3-10,16-17,20-21H,2,11H2,1H3/t16-,17?/m0/s1. The van der Waals surface area contributed by atoms with Crippen molar-refractivity contribution in [2.75, 3.05) is 13.1 Å². The molecule has 1 unspecified atom stereocenters. The first-order valence-corrected chi connectivity index (χ1v) is 7.02. The molecule has 0 radical (unpaired) electrons. The molecule has 0 saturated heterocycles. The fraction of sp³-hybridized carbons (Fsp3) is 0.294. The molecule has 0 aliphatic heterocycles. The van der Waals surface area contributed by atoms with Crippen LogP contribution in [-0.4, -0.2) is 24.3 Å². The number of hydrogen-bond acceptors (Lipinski definition) is 2. The molecule has 0 aromatic heterocycles. The van der Waals surface area contributed by atoms with Gasteiger partial charge in [0.2, 0.25) is 0 Å². The molecule has 2 aromatic carbocycles. The van der Waals surface area contributed by atoms with Crippen molar-refractivity contribution < 1.29 is 13.9 Å². The van der Waals surface area contributed by atoms with Crippen molar-refractivity contribution in [3.63, 3.8) is 0 Å². The molecule has 0 saturated carbocycles. The third-order valence-corrected chi connectivity index (χ3v) is 3.44. The molecule has 2 nitrogen and oxygen atoms in total. The van der Waals surface area contributed by atoms with Gasteiger partial charge in [0.15, 0.2) is 0 Å². The van der Waals surface area contributed by atoms with Crippen molar-refractivity contribution in [2.45, 2.75) is 18.9 Å². The molecular weight excluding hydrogens is 272 g/mol. The van der Waals surface area contributed by atoms with Crippen molar-refractivity contribution in [1.29, 1.82) is 0 Å². The zero-order valence-corrected chi connectivity index (χ0v) is 11.9. The SMILES string of the molecule is CCNC[C@H](O)C(c1ccccc1)c1cc(F)ccc1F. The lowest BCUT2D eigenvalue weighted by molar-refractivity contribution is 0.153. The van der Waals surface area contributed by atoms with Crippen LogP contribution in [0, 0.1) is 11.6 Å². The largest absolute Gasteiger partial charge is 0.391 e. The van der Waals surface area contributed by atoms with Gasteiger partial charge in [0.25, 0.3) is 0 Å². The predicted molar refractivity (Wildman–Crippen MR) is 79.2 cm³/mol. The van der Waals surface area contributed by atoms with Crippen LogP contribution in [0.15, 0.2) is 48.5 Å². The van der Waals surface area contributed by atoms with E-state index in [0.717, 1.165) is 23.8 Å². The minimum atomic E-state index is -0.844. The summed E-state index contributed by atoms with van der Waals surface area (Å²) in [5.41, 5.74) is 0.930. The maximum Gasteiger partial charge on any atom is 0.127 e. The lowest BCUT2D eigenvalue weighted by Gasteiger charge is -2.24. The van der Waals surface area contributed by atoms with Gasteiger partial charge in [-0.1, -0.05) is 37.3 Å². The first-order chi connectivity index (χ1) is 10.1. The van der Waals surface area contributed by atoms with E-state index in [9.17, 15) is 13.9 Å². The highest BCUT2D eigenvalue weighted by Gasteiger charge is 2.25. The van der Waals surface area contributed by atoms with Crippen molar-refractivity contribution in [2.24, 2.45) is 0 Å². The number of nitrogens with one attached hydrogen (secondary N) is 1.